The summed E-state index contributed by atoms with van der Waals surface area (Å²) < 4.78 is 10.6. The van der Waals surface area contributed by atoms with E-state index in [4.69, 9.17) is 19.6 Å². The molecule has 0 bridgehead atoms. The Morgan fingerprint density at radius 1 is 1.17 bits per heavy atom. The zero-order valence-corrected chi connectivity index (χ0v) is 21.4. The van der Waals surface area contributed by atoms with Crippen LogP contribution in [0.3, 0.4) is 0 Å². The van der Waals surface area contributed by atoms with Crippen LogP contribution < -0.4 is 10.1 Å². The van der Waals surface area contributed by atoms with E-state index in [2.05, 4.69) is 24.1 Å². The first-order valence-corrected chi connectivity index (χ1v) is 12.9. The number of ether oxygens (including phenoxy) is 2. The average Bonchev–Trinajstić information content (AvgIpc) is 3.53. The van der Waals surface area contributed by atoms with Gasteiger partial charge in [-0.2, -0.15) is 0 Å². The Hall–Kier alpha value is -3.27. The molecule has 9 heteroatoms. The van der Waals surface area contributed by atoms with Crippen LogP contribution in [0.4, 0.5) is 10.9 Å². The number of aliphatic hydroxyl groups excluding tert-OH is 1. The van der Waals surface area contributed by atoms with Crippen molar-refractivity contribution < 1.29 is 19.4 Å². The van der Waals surface area contributed by atoms with Gasteiger partial charge in [-0.15, -0.1) is 22.7 Å². The highest BCUT2D eigenvalue weighted by molar-refractivity contribution is 7.16. The molecule has 4 rings (SSSR count). The third kappa shape index (κ3) is 6.05. The van der Waals surface area contributed by atoms with Gasteiger partial charge in [0.15, 0.2) is 5.13 Å². The molecule has 0 unspecified atom stereocenters. The molecule has 3 aromatic heterocycles. The molecule has 0 spiro atoms. The number of aromatic nitrogens is 2. The van der Waals surface area contributed by atoms with Gasteiger partial charge in [-0.3, -0.25) is 0 Å². The summed E-state index contributed by atoms with van der Waals surface area (Å²) in [6, 6.07) is 13.4. The van der Waals surface area contributed by atoms with E-state index in [1.165, 1.54) is 18.4 Å². The number of nitrogens with one attached hydrogen (secondary N) is 1. The van der Waals surface area contributed by atoms with E-state index in [1.54, 1.807) is 23.6 Å². The molecule has 0 aliphatic heterocycles. The fraction of sp³-hybridized carbons (Fsp3) is 0.269. The summed E-state index contributed by atoms with van der Waals surface area (Å²) in [5.41, 5.74) is 2.98. The van der Waals surface area contributed by atoms with E-state index in [0.717, 1.165) is 33.0 Å². The quantitative estimate of drug-likeness (QED) is 0.252. The summed E-state index contributed by atoms with van der Waals surface area (Å²) >= 11 is 3.12. The number of carbonyl (C=O) groups excluding carboxylic acids is 1. The number of nitrogens with zero attached hydrogens (tertiary/aromatic N) is 2. The van der Waals surface area contributed by atoms with Gasteiger partial charge in [-0.25, -0.2) is 14.8 Å². The first-order valence-electron chi connectivity index (χ1n) is 11.2. The molecule has 4 aromatic rings. The third-order valence-electron chi connectivity index (χ3n) is 5.08. The highest BCUT2D eigenvalue weighted by atomic mass is 32.1. The Labute approximate surface area is 212 Å². The van der Waals surface area contributed by atoms with Crippen LogP contribution in [0.15, 0.2) is 54.0 Å². The van der Waals surface area contributed by atoms with Crippen molar-refractivity contribution in [2.45, 2.75) is 20.3 Å². The molecule has 0 saturated carbocycles. The molecule has 0 aliphatic carbocycles. The molecule has 0 amide bonds. The van der Waals surface area contributed by atoms with E-state index in [9.17, 15) is 4.79 Å². The lowest BCUT2D eigenvalue weighted by Crippen LogP contribution is -2.07. The number of aliphatic hydroxyl groups is 1. The number of anilines is 2. The molecule has 35 heavy (non-hydrogen) atoms. The molecule has 182 valence electrons. The van der Waals surface area contributed by atoms with Crippen molar-refractivity contribution in [3.8, 4) is 27.4 Å². The van der Waals surface area contributed by atoms with Crippen LogP contribution in [-0.4, -0.2) is 41.4 Å². The summed E-state index contributed by atoms with van der Waals surface area (Å²) in [5, 5.41) is 14.9. The number of thiophene rings is 1. The molecule has 0 atom stereocenters. The Kier molecular flexibility index (Phi) is 8.12. The van der Waals surface area contributed by atoms with Crippen molar-refractivity contribution in [2.24, 2.45) is 5.92 Å². The van der Waals surface area contributed by atoms with E-state index in [-0.39, 0.29) is 13.2 Å². The summed E-state index contributed by atoms with van der Waals surface area (Å²) in [5.74, 6) is 1.04. The Morgan fingerprint density at radius 2 is 2.03 bits per heavy atom. The normalized spacial score (nSPS) is 11.0. The van der Waals surface area contributed by atoms with Crippen molar-refractivity contribution >= 4 is 39.6 Å². The second kappa shape index (κ2) is 11.4. The maximum atomic E-state index is 12.6. The summed E-state index contributed by atoms with van der Waals surface area (Å²) in [6.45, 7) is 4.51. The molecule has 7 nitrogen and oxygen atoms in total. The molecule has 0 saturated heterocycles. The number of esters is 1. The number of pyridine rings is 1. The van der Waals surface area contributed by atoms with Crippen LogP contribution in [0, 0.1) is 5.92 Å². The molecular formula is C26H27N3O4S2. The van der Waals surface area contributed by atoms with Crippen LogP contribution in [0.2, 0.25) is 0 Å². The van der Waals surface area contributed by atoms with Gasteiger partial charge in [-0.05, 0) is 42.0 Å². The maximum Gasteiger partial charge on any atom is 0.341 e. The highest BCUT2D eigenvalue weighted by Crippen LogP contribution is 2.36. The van der Waals surface area contributed by atoms with Crippen molar-refractivity contribution in [3.63, 3.8) is 0 Å². The van der Waals surface area contributed by atoms with Gasteiger partial charge in [0.25, 0.3) is 0 Å². The van der Waals surface area contributed by atoms with E-state index in [1.807, 2.05) is 41.8 Å². The van der Waals surface area contributed by atoms with Crippen molar-refractivity contribution in [2.75, 3.05) is 25.6 Å². The van der Waals surface area contributed by atoms with E-state index >= 15 is 0 Å². The van der Waals surface area contributed by atoms with Gasteiger partial charge in [-0.1, -0.05) is 32.0 Å². The predicted octanol–water partition coefficient (Wildman–Crippen LogP) is 6.03. The second-order valence-corrected chi connectivity index (χ2v) is 10.2. The van der Waals surface area contributed by atoms with Gasteiger partial charge < -0.3 is 19.9 Å². The highest BCUT2D eigenvalue weighted by Gasteiger charge is 2.20. The number of carbonyl (C=O) groups is 1. The lowest BCUT2D eigenvalue weighted by Gasteiger charge is -2.09. The zero-order chi connectivity index (χ0) is 24.8. The predicted molar refractivity (Wildman–Crippen MR) is 141 cm³/mol. The topological polar surface area (TPSA) is 93.6 Å². The van der Waals surface area contributed by atoms with Crippen molar-refractivity contribution in [1.82, 2.24) is 9.97 Å². The minimum Gasteiger partial charge on any atom is -0.491 e. The minimum absolute atomic E-state index is 0.0472. The SMILES string of the molecule is COC(=O)c1cc(-c2cccs2)cnc1Nc1nc(-c2cccc(OCCO)c2)c(CC(C)C)s1. The molecule has 0 aliphatic rings. The number of thiazole rings is 1. The second-order valence-electron chi connectivity index (χ2n) is 8.20. The van der Waals surface area contributed by atoms with Gasteiger partial charge in [0.1, 0.15) is 23.7 Å². The maximum absolute atomic E-state index is 12.6. The van der Waals surface area contributed by atoms with E-state index < -0.39 is 5.97 Å². The standard InChI is InChI=1S/C26H27N3O4S2/c1-16(2)12-22-23(17-6-4-7-19(13-17)33-10-9-30)28-26(35-22)29-24-20(25(31)32-3)14-18(15-27-24)21-8-5-11-34-21/h4-8,11,13-16,30H,9-10,12H2,1-3H3,(H,27,28,29). The number of rotatable bonds is 10. The smallest absolute Gasteiger partial charge is 0.341 e. The van der Waals surface area contributed by atoms with Crippen LogP contribution in [-0.2, 0) is 11.2 Å². The molecule has 1 aromatic carbocycles. The Morgan fingerprint density at radius 3 is 2.74 bits per heavy atom. The largest absolute Gasteiger partial charge is 0.491 e. The van der Waals surface area contributed by atoms with Crippen molar-refractivity contribution in [3.05, 3.63) is 64.5 Å². The summed E-state index contributed by atoms with van der Waals surface area (Å²) in [4.78, 5) is 24.1. The van der Waals surface area contributed by atoms with Crippen LogP contribution in [0.5, 0.6) is 5.75 Å². The number of benzene rings is 1. The first-order chi connectivity index (χ1) is 17.0. The van der Waals surface area contributed by atoms with Crippen LogP contribution in [0.1, 0.15) is 29.1 Å². The van der Waals surface area contributed by atoms with Gasteiger partial charge in [0, 0.05) is 27.1 Å². The van der Waals surface area contributed by atoms with Gasteiger partial charge >= 0.3 is 5.97 Å². The summed E-state index contributed by atoms with van der Waals surface area (Å²) in [6.07, 6.45) is 2.59. The van der Waals surface area contributed by atoms with Gasteiger partial charge in [0.05, 0.1) is 19.4 Å². The van der Waals surface area contributed by atoms with Crippen LogP contribution >= 0.6 is 22.7 Å². The fourth-order valence-electron chi connectivity index (χ4n) is 3.55. The minimum atomic E-state index is -0.466. The van der Waals surface area contributed by atoms with Crippen molar-refractivity contribution in [1.29, 1.82) is 0 Å². The van der Waals surface area contributed by atoms with Gasteiger partial charge in [0.2, 0.25) is 0 Å². The molecule has 0 radical (unpaired) electrons. The number of methoxy groups -OCH3 is 1. The Bertz CT molecular complexity index is 1290. The lowest BCUT2D eigenvalue weighted by molar-refractivity contribution is 0.0601. The fourth-order valence-corrected chi connectivity index (χ4v) is 5.45. The number of hydrogen-bond donors (Lipinski definition) is 2. The Balaban J connectivity index is 1.69. The molecular weight excluding hydrogens is 482 g/mol. The monoisotopic (exact) mass is 509 g/mol. The van der Waals surface area contributed by atoms with E-state index in [0.29, 0.717) is 28.2 Å². The third-order valence-corrected chi connectivity index (χ3v) is 6.99. The molecule has 2 N–H and O–H groups in total. The molecule has 3 heterocycles. The molecule has 0 fully saturated rings. The first kappa shape index (κ1) is 24.8. The van der Waals surface area contributed by atoms with Crippen LogP contribution in [0.25, 0.3) is 21.7 Å². The number of hydrogen-bond acceptors (Lipinski definition) is 9. The lowest BCUT2D eigenvalue weighted by atomic mass is 10.0. The summed E-state index contributed by atoms with van der Waals surface area (Å²) in [7, 11) is 1.36. The zero-order valence-electron chi connectivity index (χ0n) is 19.8. The average molecular weight is 510 g/mol.